The van der Waals surface area contributed by atoms with Crippen LogP contribution >= 0.6 is 15.9 Å². The first-order chi connectivity index (χ1) is 9.51. The lowest BCUT2D eigenvalue weighted by Crippen LogP contribution is -2.05. The van der Waals surface area contributed by atoms with Crippen LogP contribution in [0, 0.1) is 0 Å². The number of pyridine rings is 1. The molecule has 0 bridgehead atoms. The molecule has 0 amide bonds. The molecule has 1 heterocycles. The number of benzene rings is 1. The fourth-order valence-electron chi connectivity index (χ4n) is 1.60. The molecule has 1 aromatic heterocycles. The second-order valence-corrected chi connectivity index (χ2v) is 4.79. The van der Waals surface area contributed by atoms with Gasteiger partial charge in [-0.1, -0.05) is 0 Å². The number of nitrogens with two attached hydrogens (primary N) is 1. The molecule has 0 fully saturated rings. The number of aromatic nitrogens is 1. The van der Waals surface area contributed by atoms with E-state index in [0.29, 0.717) is 11.6 Å². The number of nitrogens with one attached hydrogen (secondary N) is 1. The maximum atomic E-state index is 11.0. The van der Waals surface area contributed by atoms with Crippen molar-refractivity contribution in [2.24, 2.45) is 0 Å². The van der Waals surface area contributed by atoms with Crippen molar-refractivity contribution in [2.45, 2.75) is 0 Å². The lowest BCUT2D eigenvalue weighted by Gasteiger charge is -2.10. The maximum Gasteiger partial charge on any atom is 0.337 e. The molecule has 0 radical (unpaired) electrons. The summed E-state index contributed by atoms with van der Waals surface area (Å²) < 4.78 is 6.00. The Hall–Kier alpha value is -2.28. The standard InChI is InChI=1S/C13H12BrN3O3/c1-20-11-4-7(2-3-9(11)14)17-12-5-8(13(18)19)10(15)6-16-12/h2-6H,15H2,1H3,(H,16,17)(H,18,19). The van der Waals surface area contributed by atoms with Crippen molar-refractivity contribution in [3.8, 4) is 5.75 Å². The number of nitrogens with zero attached hydrogens (tertiary/aromatic N) is 1. The van der Waals surface area contributed by atoms with Crippen LogP contribution in [-0.4, -0.2) is 23.2 Å². The Morgan fingerprint density at radius 2 is 2.20 bits per heavy atom. The minimum atomic E-state index is -1.10. The summed E-state index contributed by atoms with van der Waals surface area (Å²) in [7, 11) is 1.56. The number of aromatic carboxylic acids is 1. The molecule has 1 aromatic carbocycles. The second kappa shape index (κ2) is 5.79. The predicted molar refractivity (Wildman–Crippen MR) is 79.6 cm³/mol. The van der Waals surface area contributed by atoms with Gasteiger partial charge in [0.25, 0.3) is 0 Å². The lowest BCUT2D eigenvalue weighted by atomic mass is 10.2. The van der Waals surface area contributed by atoms with E-state index in [-0.39, 0.29) is 11.3 Å². The third-order valence-electron chi connectivity index (χ3n) is 2.59. The fourth-order valence-corrected chi connectivity index (χ4v) is 2.01. The van der Waals surface area contributed by atoms with E-state index < -0.39 is 5.97 Å². The Bertz CT molecular complexity index is 661. The molecule has 0 saturated heterocycles. The summed E-state index contributed by atoms with van der Waals surface area (Å²) in [6.07, 6.45) is 1.31. The molecule has 0 saturated carbocycles. The molecule has 104 valence electrons. The van der Waals surface area contributed by atoms with Crippen LogP contribution in [0.15, 0.2) is 34.9 Å². The highest BCUT2D eigenvalue weighted by Crippen LogP contribution is 2.29. The third kappa shape index (κ3) is 3.00. The van der Waals surface area contributed by atoms with Crippen LogP contribution in [0.2, 0.25) is 0 Å². The number of anilines is 3. The highest BCUT2D eigenvalue weighted by Gasteiger charge is 2.10. The normalized spacial score (nSPS) is 10.1. The molecule has 20 heavy (non-hydrogen) atoms. The topological polar surface area (TPSA) is 97.5 Å². The lowest BCUT2D eigenvalue weighted by molar-refractivity contribution is 0.0698. The number of carboxylic acid groups (broad SMARTS) is 1. The average Bonchev–Trinajstić information content (AvgIpc) is 2.42. The first kappa shape index (κ1) is 14.1. The minimum Gasteiger partial charge on any atom is -0.495 e. The molecule has 4 N–H and O–H groups in total. The van der Waals surface area contributed by atoms with E-state index in [9.17, 15) is 4.79 Å². The Morgan fingerprint density at radius 1 is 1.45 bits per heavy atom. The molecule has 0 atom stereocenters. The Balaban J connectivity index is 2.30. The van der Waals surface area contributed by atoms with E-state index in [0.717, 1.165) is 10.2 Å². The molecular formula is C13H12BrN3O3. The van der Waals surface area contributed by atoms with Crippen molar-refractivity contribution in [3.05, 3.63) is 40.5 Å². The van der Waals surface area contributed by atoms with Crippen LogP contribution in [0.1, 0.15) is 10.4 Å². The van der Waals surface area contributed by atoms with Gasteiger partial charge in [0, 0.05) is 11.8 Å². The largest absolute Gasteiger partial charge is 0.495 e. The average molecular weight is 338 g/mol. The smallest absolute Gasteiger partial charge is 0.337 e. The number of halogens is 1. The van der Waals surface area contributed by atoms with Gasteiger partial charge in [0.05, 0.1) is 29.0 Å². The minimum absolute atomic E-state index is 0.00609. The molecule has 0 aliphatic carbocycles. The number of carbonyl (C=O) groups is 1. The van der Waals surface area contributed by atoms with Crippen molar-refractivity contribution in [1.29, 1.82) is 0 Å². The van der Waals surface area contributed by atoms with E-state index in [2.05, 4.69) is 26.2 Å². The number of nitrogen functional groups attached to an aromatic ring is 1. The Morgan fingerprint density at radius 3 is 2.85 bits per heavy atom. The van der Waals surface area contributed by atoms with Gasteiger partial charge in [-0.05, 0) is 34.1 Å². The van der Waals surface area contributed by atoms with Gasteiger partial charge in [-0.2, -0.15) is 0 Å². The van der Waals surface area contributed by atoms with Crippen molar-refractivity contribution in [1.82, 2.24) is 4.98 Å². The summed E-state index contributed by atoms with van der Waals surface area (Å²) in [5, 5.41) is 12.0. The first-order valence-corrected chi connectivity index (χ1v) is 6.40. The quantitative estimate of drug-likeness (QED) is 0.793. The zero-order valence-corrected chi connectivity index (χ0v) is 12.1. The highest BCUT2D eigenvalue weighted by atomic mass is 79.9. The van der Waals surface area contributed by atoms with Gasteiger partial charge in [0.1, 0.15) is 11.6 Å². The van der Waals surface area contributed by atoms with Gasteiger partial charge in [0.2, 0.25) is 0 Å². The van der Waals surface area contributed by atoms with Gasteiger partial charge in [-0.15, -0.1) is 0 Å². The van der Waals surface area contributed by atoms with E-state index in [1.54, 1.807) is 13.2 Å². The summed E-state index contributed by atoms with van der Waals surface area (Å²) >= 11 is 3.35. The number of methoxy groups -OCH3 is 1. The summed E-state index contributed by atoms with van der Waals surface area (Å²) in [6.45, 7) is 0. The predicted octanol–water partition coefficient (Wildman–Crippen LogP) is 2.88. The van der Waals surface area contributed by atoms with Crippen LogP contribution in [0.25, 0.3) is 0 Å². The number of carboxylic acids is 1. The zero-order valence-electron chi connectivity index (χ0n) is 10.6. The van der Waals surface area contributed by atoms with Gasteiger partial charge < -0.3 is 20.9 Å². The zero-order chi connectivity index (χ0) is 14.7. The summed E-state index contributed by atoms with van der Waals surface area (Å²) in [6, 6.07) is 6.77. The molecule has 0 spiro atoms. The molecule has 7 heteroatoms. The molecule has 0 aliphatic heterocycles. The Kier molecular flexibility index (Phi) is 4.09. The first-order valence-electron chi connectivity index (χ1n) is 5.60. The van der Waals surface area contributed by atoms with E-state index in [4.69, 9.17) is 15.6 Å². The van der Waals surface area contributed by atoms with Gasteiger partial charge in [-0.25, -0.2) is 9.78 Å². The van der Waals surface area contributed by atoms with Crippen LogP contribution in [-0.2, 0) is 0 Å². The Labute approximate surface area is 123 Å². The van der Waals surface area contributed by atoms with Crippen molar-refractivity contribution >= 4 is 39.1 Å². The van der Waals surface area contributed by atoms with Crippen LogP contribution in [0.4, 0.5) is 17.2 Å². The van der Waals surface area contributed by atoms with Crippen molar-refractivity contribution in [2.75, 3.05) is 18.2 Å². The van der Waals surface area contributed by atoms with E-state index >= 15 is 0 Å². The molecule has 2 aromatic rings. The monoisotopic (exact) mass is 337 g/mol. The number of hydrogen-bond acceptors (Lipinski definition) is 5. The fraction of sp³-hybridized carbons (Fsp3) is 0.0769. The third-order valence-corrected chi connectivity index (χ3v) is 3.24. The van der Waals surface area contributed by atoms with Crippen molar-refractivity contribution in [3.63, 3.8) is 0 Å². The molecule has 2 rings (SSSR count). The molecular weight excluding hydrogens is 326 g/mol. The summed E-state index contributed by atoms with van der Waals surface area (Å²) in [5.74, 6) is -0.0498. The maximum absolute atomic E-state index is 11.0. The molecule has 6 nitrogen and oxygen atoms in total. The van der Waals surface area contributed by atoms with Crippen LogP contribution in [0.5, 0.6) is 5.75 Å². The second-order valence-electron chi connectivity index (χ2n) is 3.94. The molecule has 0 unspecified atom stereocenters. The van der Waals surface area contributed by atoms with Crippen LogP contribution < -0.4 is 15.8 Å². The van der Waals surface area contributed by atoms with Gasteiger partial charge in [0.15, 0.2) is 0 Å². The number of rotatable bonds is 4. The number of ether oxygens (including phenoxy) is 1. The van der Waals surface area contributed by atoms with Crippen LogP contribution in [0.3, 0.4) is 0 Å². The SMILES string of the molecule is COc1cc(Nc2cc(C(=O)O)c(N)cn2)ccc1Br. The van der Waals surface area contributed by atoms with E-state index in [1.807, 2.05) is 12.1 Å². The number of hydrogen-bond donors (Lipinski definition) is 3. The van der Waals surface area contributed by atoms with E-state index in [1.165, 1.54) is 12.3 Å². The van der Waals surface area contributed by atoms with Crippen molar-refractivity contribution < 1.29 is 14.6 Å². The van der Waals surface area contributed by atoms with Gasteiger partial charge in [-0.3, -0.25) is 0 Å². The summed E-state index contributed by atoms with van der Waals surface area (Å²) in [5.41, 5.74) is 6.40. The summed E-state index contributed by atoms with van der Waals surface area (Å²) in [4.78, 5) is 15.1. The van der Waals surface area contributed by atoms with Gasteiger partial charge >= 0.3 is 5.97 Å². The highest BCUT2D eigenvalue weighted by molar-refractivity contribution is 9.10. The molecule has 0 aliphatic rings.